The molecule has 21 heavy (non-hydrogen) atoms. The molecular weight excluding hydrogens is 268 g/mol. The lowest BCUT2D eigenvalue weighted by Crippen LogP contribution is -2.46. The molecule has 0 saturated carbocycles. The number of carbonyl (C=O) groups is 1. The van der Waals surface area contributed by atoms with Gasteiger partial charge in [0.25, 0.3) is 0 Å². The van der Waals surface area contributed by atoms with Gasteiger partial charge in [0, 0.05) is 38.6 Å². The van der Waals surface area contributed by atoms with Gasteiger partial charge >= 0.3 is 0 Å². The molecule has 6 heteroatoms. The van der Waals surface area contributed by atoms with Gasteiger partial charge in [-0.3, -0.25) is 4.79 Å². The Morgan fingerprint density at radius 3 is 2.71 bits per heavy atom. The normalized spacial score (nSPS) is 31.7. The fourth-order valence-corrected chi connectivity index (χ4v) is 3.71. The number of amides is 1. The summed E-state index contributed by atoms with van der Waals surface area (Å²) in [5.74, 6) is 1.04. The number of hydrogen-bond donors (Lipinski definition) is 0. The number of ether oxygens (including phenoxy) is 1. The monoisotopic (exact) mass is 288 g/mol. The van der Waals surface area contributed by atoms with Crippen LogP contribution in [0.3, 0.4) is 0 Å². The first-order valence-corrected chi connectivity index (χ1v) is 7.77. The highest BCUT2D eigenvalue weighted by Gasteiger charge is 2.46. The highest BCUT2D eigenvalue weighted by atomic mass is 16.5. The first-order chi connectivity index (χ1) is 10.3. The van der Waals surface area contributed by atoms with Crippen molar-refractivity contribution in [3.8, 4) is 0 Å². The van der Waals surface area contributed by atoms with Gasteiger partial charge in [-0.15, -0.1) is 0 Å². The van der Waals surface area contributed by atoms with E-state index in [1.165, 1.54) is 0 Å². The second-order valence-electron chi connectivity index (χ2n) is 6.12. The van der Waals surface area contributed by atoms with E-state index in [4.69, 9.17) is 4.74 Å². The Bertz CT molecular complexity index is 518. The van der Waals surface area contributed by atoms with Crippen LogP contribution in [0, 0.1) is 5.92 Å². The minimum atomic E-state index is -0.0133. The Balaban J connectivity index is 1.48. The van der Waals surface area contributed by atoms with Gasteiger partial charge in [0.1, 0.15) is 0 Å². The van der Waals surface area contributed by atoms with E-state index in [0.717, 1.165) is 44.8 Å². The minimum absolute atomic E-state index is 0.0133. The first-order valence-electron chi connectivity index (χ1n) is 7.77. The van der Waals surface area contributed by atoms with E-state index in [-0.39, 0.29) is 24.0 Å². The van der Waals surface area contributed by atoms with E-state index < -0.39 is 0 Å². The average Bonchev–Trinajstić information content (AvgIpc) is 3.15. The molecule has 0 aliphatic carbocycles. The molecule has 3 atom stereocenters. The minimum Gasteiger partial charge on any atom is -0.370 e. The molecule has 3 aliphatic rings. The molecule has 2 bridgehead atoms. The van der Waals surface area contributed by atoms with Crippen molar-refractivity contribution in [3.63, 3.8) is 0 Å². The SMILES string of the molecule is O=C([C@@H]1C[C@H]2CN(c3ncccn3)C[C@@H]1O2)N1CCCC1. The summed E-state index contributed by atoms with van der Waals surface area (Å²) in [7, 11) is 0. The number of morpholine rings is 1. The molecular formula is C15H20N4O2. The van der Waals surface area contributed by atoms with Crippen LogP contribution in [-0.4, -0.2) is 59.2 Å². The number of fused-ring (bicyclic) bond motifs is 2. The molecule has 6 nitrogen and oxygen atoms in total. The zero-order chi connectivity index (χ0) is 14.2. The third-order valence-corrected chi connectivity index (χ3v) is 4.73. The van der Waals surface area contributed by atoms with Crippen molar-refractivity contribution >= 4 is 11.9 Å². The zero-order valence-electron chi connectivity index (χ0n) is 12.0. The quantitative estimate of drug-likeness (QED) is 0.801. The molecule has 1 aromatic rings. The summed E-state index contributed by atoms with van der Waals surface area (Å²) in [6.45, 7) is 3.32. The summed E-state index contributed by atoms with van der Waals surface area (Å²) in [6.07, 6.45) is 6.74. The lowest BCUT2D eigenvalue weighted by Gasteiger charge is -2.33. The third-order valence-electron chi connectivity index (χ3n) is 4.73. The summed E-state index contributed by atoms with van der Waals surface area (Å²) < 4.78 is 6.00. The summed E-state index contributed by atoms with van der Waals surface area (Å²) in [5.41, 5.74) is 0. The van der Waals surface area contributed by atoms with Gasteiger partial charge in [-0.2, -0.15) is 0 Å². The van der Waals surface area contributed by atoms with Gasteiger partial charge in [-0.05, 0) is 25.3 Å². The Hall–Kier alpha value is -1.69. The van der Waals surface area contributed by atoms with E-state index in [9.17, 15) is 4.79 Å². The molecule has 0 unspecified atom stereocenters. The molecule has 0 radical (unpaired) electrons. The maximum atomic E-state index is 12.6. The van der Waals surface area contributed by atoms with E-state index in [1.807, 2.05) is 11.0 Å². The van der Waals surface area contributed by atoms with Crippen molar-refractivity contribution in [1.29, 1.82) is 0 Å². The van der Waals surface area contributed by atoms with E-state index >= 15 is 0 Å². The number of likely N-dealkylation sites (tertiary alicyclic amines) is 1. The van der Waals surface area contributed by atoms with Crippen LogP contribution in [-0.2, 0) is 9.53 Å². The van der Waals surface area contributed by atoms with Crippen molar-refractivity contribution in [1.82, 2.24) is 14.9 Å². The van der Waals surface area contributed by atoms with Crippen molar-refractivity contribution < 1.29 is 9.53 Å². The lowest BCUT2D eigenvalue weighted by atomic mass is 9.99. The number of aromatic nitrogens is 2. The average molecular weight is 288 g/mol. The molecule has 1 aromatic heterocycles. The molecule has 3 fully saturated rings. The van der Waals surface area contributed by atoms with Crippen LogP contribution < -0.4 is 4.90 Å². The van der Waals surface area contributed by atoms with Gasteiger partial charge in [0.05, 0.1) is 18.1 Å². The standard InChI is InChI=1S/C15H20N4O2/c20-14(18-6-1-2-7-18)12-8-11-9-19(10-13(12)21-11)15-16-4-3-5-17-15/h3-5,11-13H,1-2,6-10H2/t11-,12+,13-/m0/s1. The molecule has 0 aromatic carbocycles. The molecule has 0 N–H and O–H groups in total. The van der Waals surface area contributed by atoms with Crippen LogP contribution in [0.25, 0.3) is 0 Å². The number of rotatable bonds is 2. The van der Waals surface area contributed by atoms with E-state index in [2.05, 4.69) is 14.9 Å². The second-order valence-corrected chi connectivity index (χ2v) is 6.12. The predicted octanol–water partition coefficient (Wildman–Crippen LogP) is 0.693. The summed E-state index contributed by atoms with van der Waals surface area (Å²) in [5, 5.41) is 0. The first kappa shape index (κ1) is 13.0. The van der Waals surface area contributed by atoms with Crippen LogP contribution >= 0.6 is 0 Å². The number of nitrogens with zero attached hydrogens (tertiary/aromatic N) is 4. The van der Waals surface area contributed by atoms with Crippen molar-refractivity contribution in [3.05, 3.63) is 18.5 Å². The maximum absolute atomic E-state index is 12.6. The predicted molar refractivity (Wildman–Crippen MR) is 76.8 cm³/mol. The molecule has 3 saturated heterocycles. The number of carbonyl (C=O) groups excluding carboxylic acids is 1. The van der Waals surface area contributed by atoms with Crippen LogP contribution in [0.4, 0.5) is 5.95 Å². The molecule has 1 amide bonds. The Kier molecular flexibility index (Phi) is 3.25. The fraction of sp³-hybridized carbons (Fsp3) is 0.667. The van der Waals surface area contributed by atoms with Crippen molar-refractivity contribution in [2.75, 3.05) is 31.1 Å². The second kappa shape index (κ2) is 5.26. The Morgan fingerprint density at radius 2 is 1.95 bits per heavy atom. The Labute approximate surface area is 124 Å². The summed E-state index contributed by atoms with van der Waals surface area (Å²) in [6, 6.07) is 1.82. The molecule has 3 aliphatic heterocycles. The number of hydrogen-bond acceptors (Lipinski definition) is 5. The summed E-state index contributed by atoms with van der Waals surface area (Å²) in [4.78, 5) is 25.4. The topological polar surface area (TPSA) is 58.6 Å². The van der Waals surface area contributed by atoms with E-state index in [0.29, 0.717) is 6.54 Å². The Morgan fingerprint density at radius 1 is 1.19 bits per heavy atom. The lowest BCUT2D eigenvalue weighted by molar-refractivity contribution is -0.136. The highest BCUT2D eigenvalue weighted by Crippen LogP contribution is 2.34. The van der Waals surface area contributed by atoms with Gasteiger partial charge in [-0.1, -0.05) is 0 Å². The third kappa shape index (κ3) is 2.37. The molecule has 112 valence electrons. The van der Waals surface area contributed by atoms with Crippen LogP contribution in [0.2, 0.25) is 0 Å². The van der Waals surface area contributed by atoms with Crippen LogP contribution in [0.1, 0.15) is 19.3 Å². The smallest absolute Gasteiger partial charge is 0.228 e. The van der Waals surface area contributed by atoms with Crippen LogP contribution in [0.15, 0.2) is 18.5 Å². The number of anilines is 1. The summed E-state index contributed by atoms with van der Waals surface area (Å²) >= 11 is 0. The largest absolute Gasteiger partial charge is 0.370 e. The van der Waals surface area contributed by atoms with Gasteiger partial charge in [-0.25, -0.2) is 9.97 Å². The van der Waals surface area contributed by atoms with Crippen LogP contribution in [0.5, 0.6) is 0 Å². The fourth-order valence-electron chi connectivity index (χ4n) is 3.71. The maximum Gasteiger partial charge on any atom is 0.228 e. The molecule has 0 spiro atoms. The van der Waals surface area contributed by atoms with Gasteiger partial charge in [0.2, 0.25) is 11.9 Å². The molecule has 4 rings (SSSR count). The van der Waals surface area contributed by atoms with Gasteiger partial charge in [0.15, 0.2) is 0 Å². The van der Waals surface area contributed by atoms with Crippen molar-refractivity contribution in [2.45, 2.75) is 31.5 Å². The molecule has 4 heterocycles. The zero-order valence-corrected chi connectivity index (χ0v) is 12.0. The van der Waals surface area contributed by atoms with Gasteiger partial charge < -0.3 is 14.5 Å². The van der Waals surface area contributed by atoms with Crippen molar-refractivity contribution in [2.24, 2.45) is 5.92 Å². The highest BCUT2D eigenvalue weighted by molar-refractivity contribution is 5.80. The van der Waals surface area contributed by atoms with E-state index in [1.54, 1.807) is 12.4 Å².